The molecule has 0 saturated carbocycles. The molecule has 2 nitrogen and oxygen atoms in total. The summed E-state index contributed by atoms with van der Waals surface area (Å²) in [5.41, 5.74) is 1.67. The smallest absolute Gasteiger partial charge is 0.168 e. The molecule has 1 aromatic carbocycles. The quantitative estimate of drug-likeness (QED) is 0.691. The topological polar surface area (TPSA) is 26.3 Å². The van der Waals surface area contributed by atoms with E-state index in [9.17, 15) is 4.79 Å². The Kier molecular flexibility index (Phi) is 3.23. The molecule has 17 heavy (non-hydrogen) atoms. The number of ether oxygens (including phenoxy) is 1. The molecule has 0 radical (unpaired) electrons. The maximum absolute atomic E-state index is 12.2. The van der Waals surface area contributed by atoms with Crippen LogP contribution in [0.4, 0.5) is 0 Å². The van der Waals surface area contributed by atoms with Crippen molar-refractivity contribution < 1.29 is 9.53 Å². The second-order valence-corrected chi connectivity index (χ2v) is 5.71. The Morgan fingerprint density at radius 3 is 2.71 bits per heavy atom. The molecule has 92 valence electrons. The summed E-state index contributed by atoms with van der Waals surface area (Å²) in [6.07, 6.45) is 3.25. The average Bonchev–Trinajstić information content (AvgIpc) is 2.50. The van der Waals surface area contributed by atoms with Gasteiger partial charge < -0.3 is 4.74 Å². The molecule has 0 unspecified atom stereocenters. The van der Waals surface area contributed by atoms with E-state index in [1.165, 1.54) is 5.56 Å². The van der Waals surface area contributed by atoms with Crippen LogP contribution in [0, 0.1) is 5.41 Å². The van der Waals surface area contributed by atoms with Gasteiger partial charge in [0, 0.05) is 11.0 Å². The molecule has 0 aromatic heterocycles. The number of rotatable bonds is 1. The van der Waals surface area contributed by atoms with Crippen LogP contribution in [0.25, 0.3) is 0 Å². The Bertz CT molecular complexity index is 427. The first-order valence-electron chi connectivity index (χ1n) is 6.29. The monoisotopic (exact) mass is 232 g/mol. The molecule has 1 aliphatic heterocycles. The van der Waals surface area contributed by atoms with Gasteiger partial charge in [-0.2, -0.15) is 0 Å². The van der Waals surface area contributed by atoms with Crippen LogP contribution in [0.5, 0.6) is 5.75 Å². The summed E-state index contributed by atoms with van der Waals surface area (Å²) in [4.78, 5) is 12.2. The Morgan fingerprint density at radius 2 is 2.00 bits per heavy atom. The van der Waals surface area contributed by atoms with Gasteiger partial charge in [-0.05, 0) is 43.0 Å². The van der Waals surface area contributed by atoms with Crippen molar-refractivity contribution in [1.29, 1.82) is 0 Å². The van der Waals surface area contributed by atoms with E-state index in [0.717, 1.165) is 37.2 Å². The van der Waals surface area contributed by atoms with Crippen LogP contribution in [-0.4, -0.2) is 12.4 Å². The highest BCUT2D eigenvalue weighted by atomic mass is 16.5. The lowest BCUT2D eigenvalue weighted by Crippen LogP contribution is -2.20. The highest BCUT2D eigenvalue weighted by Gasteiger charge is 2.23. The number of aryl methyl sites for hydroxylation is 1. The minimum absolute atomic E-state index is 0.199. The number of carbonyl (C=O) groups excluding carboxylic acids is 1. The van der Waals surface area contributed by atoms with Crippen LogP contribution in [0.1, 0.15) is 49.5 Å². The van der Waals surface area contributed by atoms with Crippen LogP contribution in [0.3, 0.4) is 0 Å². The normalized spacial score (nSPS) is 15.7. The van der Waals surface area contributed by atoms with Crippen molar-refractivity contribution in [2.24, 2.45) is 5.41 Å². The SMILES string of the molecule is CC(C)(C)C(=O)c1ccc2c(c1)CCCCO2. The Morgan fingerprint density at radius 1 is 1.24 bits per heavy atom. The Hall–Kier alpha value is -1.31. The van der Waals surface area contributed by atoms with Crippen molar-refractivity contribution in [3.05, 3.63) is 29.3 Å². The van der Waals surface area contributed by atoms with E-state index in [0.29, 0.717) is 0 Å². The van der Waals surface area contributed by atoms with Gasteiger partial charge in [0.25, 0.3) is 0 Å². The third-order valence-electron chi connectivity index (χ3n) is 3.10. The van der Waals surface area contributed by atoms with Crippen molar-refractivity contribution in [1.82, 2.24) is 0 Å². The van der Waals surface area contributed by atoms with E-state index >= 15 is 0 Å². The molecule has 0 amide bonds. The molecular weight excluding hydrogens is 212 g/mol. The zero-order chi connectivity index (χ0) is 12.5. The zero-order valence-electron chi connectivity index (χ0n) is 10.9. The number of ketones is 1. The number of benzene rings is 1. The fraction of sp³-hybridized carbons (Fsp3) is 0.533. The summed E-state index contributed by atoms with van der Waals surface area (Å²) < 4.78 is 5.66. The Balaban J connectivity index is 2.33. The number of carbonyl (C=O) groups is 1. The van der Waals surface area contributed by atoms with Gasteiger partial charge in [0.05, 0.1) is 6.61 Å². The van der Waals surface area contributed by atoms with Gasteiger partial charge in [0.15, 0.2) is 5.78 Å². The minimum atomic E-state index is -0.320. The molecule has 0 N–H and O–H groups in total. The van der Waals surface area contributed by atoms with E-state index in [4.69, 9.17) is 4.74 Å². The third kappa shape index (κ3) is 2.68. The van der Waals surface area contributed by atoms with E-state index < -0.39 is 0 Å². The van der Waals surface area contributed by atoms with Crippen molar-refractivity contribution in [2.45, 2.75) is 40.0 Å². The zero-order valence-corrected chi connectivity index (χ0v) is 10.9. The number of hydrogen-bond acceptors (Lipinski definition) is 2. The molecule has 0 spiro atoms. The molecule has 0 atom stereocenters. The second kappa shape index (κ2) is 4.52. The summed E-state index contributed by atoms with van der Waals surface area (Å²) >= 11 is 0. The third-order valence-corrected chi connectivity index (χ3v) is 3.10. The van der Waals surface area contributed by atoms with Crippen molar-refractivity contribution in [3.8, 4) is 5.75 Å². The molecule has 0 aliphatic carbocycles. The number of hydrogen-bond donors (Lipinski definition) is 0. The highest BCUT2D eigenvalue weighted by molar-refractivity contribution is 6.00. The molecule has 1 aliphatic rings. The van der Waals surface area contributed by atoms with E-state index in [1.807, 2.05) is 39.0 Å². The molecule has 2 heteroatoms. The van der Waals surface area contributed by atoms with Crippen molar-refractivity contribution >= 4 is 5.78 Å². The van der Waals surface area contributed by atoms with Crippen molar-refractivity contribution in [2.75, 3.05) is 6.61 Å². The lowest BCUT2D eigenvalue weighted by atomic mass is 9.86. The fourth-order valence-electron chi connectivity index (χ4n) is 2.09. The summed E-state index contributed by atoms with van der Waals surface area (Å²) in [6.45, 7) is 6.66. The molecule has 1 heterocycles. The van der Waals surface area contributed by atoms with Crippen LogP contribution < -0.4 is 4.74 Å². The Labute approximate surface area is 103 Å². The van der Waals surface area contributed by atoms with Gasteiger partial charge in [-0.3, -0.25) is 4.79 Å². The second-order valence-electron chi connectivity index (χ2n) is 5.71. The van der Waals surface area contributed by atoms with Crippen LogP contribution in [0.2, 0.25) is 0 Å². The lowest BCUT2D eigenvalue weighted by Gasteiger charge is -2.17. The summed E-state index contributed by atoms with van der Waals surface area (Å²) in [5.74, 6) is 1.15. The predicted molar refractivity (Wildman–Crippen MR) is 68.7 cm³/mol. The fourth-order valence-corrected chi connectivity index (χ4v) is 2.09. The van der Waals surface area contributed by atoms with E-state index in [1.54, 1.807) is 0 Å². The van der Waals surface area contributed by atoms with Gasteiger partial charge in [-0.1, -0.05) is 20.8 Å². The molecule has 0 saturated heterocycles. The van der Waals surface area contributed by atoms with Gasteiger partial charge in [-0.25, -0.2) is 0 Å². The first-order chi connectivity index (χ1) is 7.98. The molecule has 1 aromatic rings. The minimum Gasteiger partial charge on any atom is -0.493 e. The van der Waals surface area contributed by atoms with Gasteiger partial charge in [0.1, 0.15) is 5.75 Å². The summed E-state index contributed by atoms with van der Waals surface area (Å²) in [7, 11) is 0. The van der Waals surface area contributed by atoms with E-state index in [-0.39, 0.29) is 11.2 Å². The predicted octanol–water partition coefficient (Wildman–Crippen LogP) is 3.63. The maximum atomic E-state index is 12.2. The van der Waals surface area contributed by atoms with Crippen LogP contribution in [0.15, 0.2) is 18.2 Å². The molecule has 0 fully saturated rings. The van der Waals surface area contributed by atoms with Gasteiger partial charge in [0.2, 0.25) is 0 Å². The summed E-state index contributed by atoms with van der Waals surface area (Å²) in [5, 5.41) is 0. The maximum Gasteiger partial charge on any atom is 0.168 e. The first-order valence-corrected chi connectivity index (χ1v) is 6.29. The molecule has 0 bridgehead atoms. The van der Waals surface area contributed by atoms with Gasteiger partial charge in [-0.15, -0.1) is 0 Å². The number of fused-ring (bicyclic) bond motifs is 1. The average molecular weight is 232 g/mol. The van der Waals surface area contributed by atoms with Crippen LogP contribution >= 0.6 is 0 Å². The molecular formula is C15H20O2. The largest absolute Gasteiger partial charge is 0.493 e. The standard InChI is InChI=1S/C15H20O2/c1-15(2,3)14(16)12-7-8-13-11(10-12)6-4-5-9-17-13/h7-8,10H,4-6,9H2,1-3H3. The highest BCUT2D eigenvalue weighted by Crippen LogP contribution is 2.28. The van der Waals surface area contributed by atoms with Gasteiger partial charge >= 0.3 is 0 Å². The van der Waals surface area contributed by atoms with Crippen molar-refractivity contribution in [3.63, 3.8) is 0 Å². The first kappa shape index (κ1) is 12.2. The van der Waals surface area contributed by atoms with E-state index in [2.05, 4.69) is 0 Å². The van der Waals surface area contributed by atoms with Crippen LogP contribution in [-0.2, 0) is 6.42 Å². The lowest BCUT2D eigenvalue weighted by molar-refractivity contribution is 0.0858. The number of Topliss-reactive ketones (excluding diaryl/α,β-unsaturated/α-hetero) is 1. The summed E-state index contributed by atoms with van der Waals surface area (Å²) in [6, 6.07) is 5.84. The molecule has 2 rings (SSSR count).